The van der Waals surface area contributed by atoms with Crippen molar-refractivity contribution in [1.82, 2.24) is 0 Å². The Morgan fingerprint density at radius 1 is 0.514 bits per heavy atom. The molecule has 0 radical (unpaired) electrons. The molecule has 0 nitrogen and oxygen atoms in total. The predicted molar refractivity (Wildman–Crippen MR) is 156 cm³/mol. The molecule has 1 heterocycles. The topological polar surface area (TPSA) is 0 Å². The van der Waals surface area contributed by atoms with Crippen molar-refractivity contribution in [3.05, 3.63) is 144 Å². The molecule has 0 bridgehead atoms. The lowest BCUT2D eigenvalue weighted by atomic mass is 9.74. The summed E-state index contributed by atoms with van der Waals surface area (Å²) in [6.45, 7) is 2.38. The van der Waals surface area contributed by atoms with E-state index in [2.05, 4.69) is 134 Å². The predicted octanol–water partition coefficient (Wildman–Crippen LogP) is 9.97. The van der Waals surface area contributed by atoms with E-state index in [4.69, 9.17) is 0 Å². The van der Waals surface area contributed by atoms with Crippen LogP contribution in [0.3, 0.4) is 0 Å². The first kappa shape index (κ1) is 21.1. The van der Waals surface area contributed by atoms with Crippen LogP contribution < -0.4 is 0 Å². The van der Waals surface area contributed by atoms with Crippen molar-refractivity contribution in [2.45, 2.75) is 22.1 Å². The molecular formula is C36H24S. The van der Waals surface area contributed by atoms with Crippen LogP contribution in [-0.2, 0) is 5.41 Å². The number of rotatable bonds is 2. The Morgan fingerprint density at radius 2 is 1.19 bits per heavy atom. The molecular weight excluding hydrogens is 464 g/mol. The van der Waals surface area contributed by atoms with E-state index in [-0.39, 0.29) is 5.41 Å². The van der Waals surface area contributed by atoms with Gasteiger partial charge >= 0.3 is 0 Å². The van der Waals surface area contributed by atoms with E-state index < -0.39 is 0 Å². The summed E-state index contributed by atoms with van der Waals surface area (Å²) in [6, 6.07) is 47.2. The Morgan fingerprint density at radius 3 is 2.08 bits per heavy atom. The average molecular weight is 489 g/mol. The first-order valence-corrected chi connectivity index (χ1v) is 13.7. The van der Waals surface area contributed by atoms with E-state index in [0.717, 1.165) is 0 Å². The lowest BCUT2D eigenvalue weighted by Gasteiger charge is -2.28. The van der Waals surface area contributed by atoms with Gasteiger partial charge in [-0.3, -0.25) is 0 Å². The minimum absolute atomic E-state index is 0.162. The molecule has 1 aliphatic carbocycles. The zero-order chi connectivity index (χ0) is 24.6. The van der Waals surface area contributed by atoms with Gasteiger partial charge in [-0.05, 0) is 74.5 Å². The fraction of sp³-hybridized carbons (Fsp3) is 0.0556. The largest absolute Gasteiger partial charge is 0.0881 e. The highest BCUT2D eigenvalue weighted by Crippen LogP contribution is 2.55. The Labute approximate surface area is 221 Å². The fourth-order valence-corrected chi connectivity index (χ4v) is 7.84. The smallest absolute Gasteiger partial charge is 0.0435 e. The molecule has 0 saturated carbocycles. The van der Waals surface area contributed by atoms with Gasteiger partial charge in [0, 0.05) is 20.6 Å². The van der Waals surface area contributed by atoms with Crippen molar-refractivity contribution in [3.8, 4) is 33.4 Å². The van der Waals surface area contributed by atoms with Crippen LogP contribution >= 0.6 is 11.8 Å². The number of benzene rings is 6. The standard InChI is InChI=1S/C36H24S/c1-36(25-12-3-2-4-13-25)31-18-6-5-14-27(31)30-22-24(20-21-32(30)36)26-15-9-17-29-28-16-7-10-23-11-8-19-33(34(23)28)37-35(26)29/h2-22H,1H3. The van der Waals surface area contributed by atoms with Gasteiger partial charge in [0.25, 0.3) is 0 Å². The van der Waals surface area contributed by atoms with Gasteiger partial charge in [0.05, 0.1) is 0 Å². The Bertz CT molecular complexity index is 1860. The molecule has 8 rings (SSSR count). The van der Waals surface area contributed by atoms with E-state index in [1.165, 1.54) is 70.6 Å². The van der Waals surface area contributed by atoms with E-state index >= 15 is 0 Å². The zero-order valence-electron chi connectivity index (χ0n) is 20.5. The van der Waals surface area contributed by atoms with Crippen LogP contribution in [0.15, 0.2) is 137 Å². The van der Waals surface area contributed by atoms with Crippen molar-refractivity contribution in [3.63, 3.8) is 0 Å². The molecule has 0 spiro atoms. The molecule has 1 heteroatoms. The summed E-state index contributed by atoms with van der Waals surface area (Å²) < 4.78 is 0. The van der Waals surface area contributed by atoms with E-state index in [1.807, 2.05) is 11.8 Å². The van der Waals surface area contributed by atoms with Gasteiger partial charge in [-0.15, -0.1) is 0 Å². The molecule has 1 aliphatic heterocycles. The van der Waals surface area contributed by atoms with Crippen LogP contribution in [0.25, 0.3) is 44.2 Å². The maximum Gasteiger partial charge on any atom is 0.0435 e. The second kappa shape index (κ2) is 7.71. The molecule has 6 aromatic carbocycles. The summed E-state index contributed by atoms with van der Waals surface area (Å²) in [5.74, 6) is 0. The second-order valence-electron chi connectivity index (χ2n) is 10.2. The highest BCUT2D eigenvalue weighted by molar-refractivity contribution is 8.00. The van der Waals surface area contributed by atoms with Gasteiger partial charge in [-0.2, -0.15) is 0 Å². The van der Waals surface area contributed by atoms with Crippen LogP contribution in [0.5, 0.6) is 0 Å². The van der Waals surface area contributed by atoms with Crippen molar-refractivity contribution in [2.75, 3.05) is 0 Å². The molecule has 0 N–H and O–H groups in total. The highest BCUT2D eigenvalue weighted by atomic mass is 32.2. The third-order valence-electron chi connectivity index (χ3n) is 8.36. The SMILES string of the molecule is CC1(c2ccccc2)c2ccccc2-c2cc(-c3cccc4c3Sc3cccc5cccc-4c35)ccc21. The van der Waals surface area contributed by atoms with Crippen LogP contribution in [0.4, 0.5) is 0 Å². The van der Waals surface area contributed by atoms with Gasteiger partial charge in [0.2, 0.25) is 0 Å². The van der Waals surface area contributed by atoms with Gasteiger partial charge < -0.3 is 0 Å². The van der Waals surface area contributed by atoms with E-state index in [1.54, 1.807) is 0 Å². The molecule has 6 aromatic rings. The number of hydrogen-bond donors (Lipinski definition) is 0. The van der Waals surface area contributed by atoms with Crippen LogP contribution in [0.1, 0.15) is 23.6 Å². The van der Waals surface area contributed by atoms with Crippen LogP contribution in [-0.4, -0.2) is 0 Å². The summed E-state index contributed by atoms with van der Waals surface area (Å²) in [4.78, 5) is 2.70. The lowest BCUT2D eigenvalue weighted by Crippen LogP contribution is -2.22. The third kappa shape index (κ3) is 2.86. The Balaban J connectivity index is 1.35. The molecule has 0 amide bonds. The normalized spacial score (nSPS) is 16.8. The summed E-state index contributed by atoms with van der Waals surface area (Å²) in [7, 11) is 0. The molecule has 1 atom stereocenters. The Hall–Kier alpha value is -4.07. The van der Waals surface area contributed by atoms with Crippen LogP contribution in [0, 0.1) is 0 Å². The molecule has 0 fully saturated rings. The van der Waals surface area contributed by atoms with E-state index in [9.17, 15) is 0 Å². The fourth-order valence-electron chi connectivity index (χ4n) is 6.56. The van der Waals surface area contributed by atoms with Crippen molar-refractivity contribution >= 4 is 22.5 Å². The summed E-state index contributed by atoms with van der Waals surface area (Å²) in [6.07, 6.45) is 0. The quantitative estimate of drug-likeness (QED) is 0.233. The van der Waals surface area contributed by atoms with Crippen molar-refractivity contribution in [2.24, 2.45) is 0 Å². The maximum atomic E-state index is 2.43. The lowest BCUT2D eigenvalue weighted by molar-refractivity contribution is 0.714. The number of fused-ring (bicyclic) bond motifs is 5. The average Bonchev–Trinajstić information content (AvgIpc) is 3.22. The molecule has 2 aliphatic rings. The first-order chi connectivity index (χ1) is 18.2. The molecule has 174 valence electrons. The summed E-state index contributed by atoms with van der Waals surface area (Å²) in [5.41, 5.74) is 11.9. The molecule has 1 unspecified atom stereocenters. The highest BCUT2D eigenvalue weighted by Gasteiger charge is 2.40. The monoisotopic (exact) mass is 488 g/mol. The molecule has 0 saturated heterocycles. The minimum Gasteiger partial charge on any atom is -0.0881 e. The molecule has 0 aromatic heterocycles. The van der Waals surface area contributed by atoms with Crippen molar-refractivity contribution in [1.29, 1.82) is 0 Å². The summed E-state index contributed by atoms with van der Waals surface area (Å²) >= 11 is 1.91. The van der Waals surface area contributed by atoms with Gasteiger partial charge in [0.1, 0.15) is 0 Å². The Kier molecular flexibility index (Phi) is 4.39. The van der Waals surface area contributed by atoms with E-state index in [0.29, 0.717) is 0 Å². The molecule has 37 heavy (non-hydrogen) atoms. The third-order valence-corrected chi connectivity index (χ3v) is 9.56. The number of hydrogen-bond acceptors (Lipinski definition) is 1. The minimum atomic E-state index is -0.162. The van der Waals surface area contributed by atoms with Gasteiger partial charge in [-0.1, -0.05) is 127 Å². The first-order valence-electron chi connectivity index (χ1n) is 12.9. The van der Waals surface area contributed by atoms with Crippen LogP contribution in [0.2, 0.25) is 0 Å². The van der Waals surface area contributed by atoms with Crippen molar-refractivity contribution < 1.29 is 0 Å². The van der Waals surface area contributed by atoms with Gasteiger partial charge in [-0.25, -0.2) is 0 Å². The zero-order valence-corrected chi connectivity index (χ0v) is 21.3. The van der Waals surface area contributed by atoms with Gasteiger partial charge in [0.15, 0.2) is 0 Å². The maximum absolute atomic E-state index is 2.43. The second-order valence-corrected chi connectivity index (χ2v) is 11.3. The summed E-state index contributed by atoms with van der Waals surface area (Å²) in [5, 5.41) is 2.69.